The SMILES string of the molecule is CCOC(=O)c1cc(NCCN2CCSCC2)ccc1N. The van der Waals surface area contributed by atoms with Crippen LogP contribution in [0.5, 0.6) is 0 Å². The number of ether oxygens (including phenoxy) is 1. The molecule has 5 nitrogen and oxygen atoms in total. The van der Waals surface area contributed by atoms with E-state index in [1.807, 2.05) is 17.8 Å². The Hall–Kier alpha value is -1.40. The van der Waals surface area contributed by atoms with Crippen LogP contribution in [0.4, 0.5) is 11.4 Å². The minimum atomic E-state index is -0.369. The minimum Gasteiger partial charge on any atom is -0.462 e. The minimum absolute atomic E-state index is 0.350. The number of hydrogen-bond donors (Lipinski definition) is 2. The second kappa shape index (κ2) is 8.14. The topological polar surface area (TPSA) is 67.6 Å². The molecule has 6 heteroatoms. The van der Waals surface area contributed by atoms with E-state index in [0.717, 1.165) is 31.9 Å². The van der Waals surface area contributed by atoms with Gasteiger partial charge in [0, 0.05) is 49.1 Å². The largest absolute Gasteiger partial charge is 0.462 e. The summed E-state index contributed by atoms with van der Waals surface area (Å²) in [4.78, 5) is 14.2. The van der Waals surface area contributed by atoms with E-state index in [4.69, 9.17) is 10.5 Å². The van der Waals surface area contributed by atoms with E-state index in [1.54, 1.807) is 19.1 Å². The molecule has 0 bridgehead atoms. The molecule has 1 aromatic carbocycles. The molecule has 116 valence electrons. The second-order valence-electron chi connectivity index (χ2n) is 4.90. The molecule has 0 aliphatic carbocycles. The van der Waals surface area contributed by atoms with Gasteiger partial charge in [0.25, 0.3) is 0 Å². The molecule has 1 fully saturated rings. The normalized spacial score (nSPS) is 15.7. The maximum atomic E-state index is 11.8. The van der Waals surface area contributed by atoms with Gasteiger partial charge in [-0.15, -0.1) is 0 Å². The summed E-state index contributed by atoms with van der Waals surface area (Å²) in [6.07, 6.45) is 0. The number of thioether (sulfide) groups is 1. The third-order valence-electron chi connectivity index (χ3n) is 3.41. The molecule has 0 aromatic heterocycles. The lowest BCUT2D eigenvalue weighted by Crippen LogP contribution is -2.36. The molecule has 0 unspecified atom stereocenters. The first kappa shape index (κ1) is 16.0. The number of nitrogen functional groups attached to an aromatic ring is 1. The lowest BCUT2D eigenvalue weighted by atomic mass is 10.1. The summed E-state index contributed by atoms with van der Waals surface area (Å²) in [5.74, 6) is 2.07. The Kier molecular flexibility index (Phi) is 6.20. The number of carbonyl (C=O) groups excluding carboxylic acids is 1. The van der Waals surface area contributed by atoms with E-state index in [1.165, 1.54) is 11.5 Å². The van der Waals surface area contributed by atoms with Crippen LogP contribution in [0.2, 0.25) is 0 Å². The Bertz CT molecular complexity index is 476. The maximum Gasteiger partial charge on any atom is 0.340 e. The summed E-state index contributed by atoms with van der Waals surface area (Å²) < 4.78 is 5.01. The van der Waals surface area contributed by atoms with Crippen LogP contribution in [0.15, 0.2) is 18.2 Å². The monoisotopic (exact) mass is 309 g/mol. The van der Waals surface area contributed by atoms with Gasteiger partial charge >= 0.3 is 5.97 Å². The Morgan fingerprint density at radius 3 is 2.90 bits per heavy atom. The van der Waals surface area contributed by atoms with Gasteiger partial charge in [-0.3, -0.25) is 4.90 Å². The Morgan fingerprint density at radius 1 is 1.43 bits per heavy atom. The molecule has 0 atom stereocenters. The van der Waals surface area contributed by atoms with Crippen molar-refractivity contribution in [1.29, 1.82) is 0 Å². The molecular formula is C15H23N3O2S. The van der Waals surface area contributed by atoms with E-state index in [2.05, 4.69) is 10.2 Å². The Balaban J connectivity index is 1.88. The van der Waals surface area contributed by atoms with Crippen LogP contribution < -0.4 is 11.1 Å². The fraction of sp³-hybridized carbons (Fsp3) is 0.533. The number of nitrogens with one attached hydrogen (secondary N) is 1. The number of anilines is 2. The lowest BCUT2D eigenvalue weighted by Gasteiger charge is -2.26. The molecule has 0 radical (unpaired) electrons. The summed E-state index contributed by atoms with van der Waals surface area (Å²) in [5, 5.41) is 3.34. The Labute approximate surface area is 130 Å². The highest BCUT2D eigenvalue weighted by Gasteiger charge is 2.12. The standard InChI is InChI=1S/C15H23N3O2S/c1-2-20-15(19)13-11-12(3-4-14(13)16)17-5-6-18-7-9-21-10-8-18/h3-4,11,17H,2,5-10,16H2,1H3. The predicted octanol–water partition coefficient (Wildman–Crippen LogP) is 1.91. The second-order valence-corrected chi connectivity index (χ2v) is 6.13. The van der Waals surface area contributed by atoms with E-state index < -0.39 is 0 Å². The first-order chi connectivity index (χ1) is 10.2. The highest BCUT2D eigenvalue weighted by Crippen LogP contribution is 2.19. The van der Waals surface area contributed by atoms with Crippen LogP contribution in [0.3, 0.4) is 0 Å². The van der Waals surface area contributed by atoms with Crippen LogP contribution in [-0.4, -0.2) is 55.2 Å². The molecule has 1 aliphatic heterocycles. The summed E-state index contributed by atoms with van der Waals surface area (Å²) in [6, 6.07) is 5.40. The molecule has 1 saturated heterocycles. The third kappa shape index (κ3) is 4.82. The molecule has 3 N–H and O–H groups in total. The lowest BCUT2D eigenvalue weighted by molar-refractivity contribution is 0.0527. The van der Waals surface area contributed by atoms with E-state index >= 15 is 0 Å². The number of rotatable bonds is 6. The van der Waals surface area contributed by atoms with Crippen molar-refractivity contribution in [1.82, 2.24) is 4.90 Å². The average Bonchev–Trinajstić information content (AvgIpc) is 2.50. The van der Waals surface area contributed by atoms with Gasteiger partial charge in [-0.2, -0.15) is 11.8 Å². The van der Waals surface area contributed by atoms with Crippen molar-refractivity contribution < 1.29 is 9.53 Å². The Morgan fingerprint density at radius 2 is 2.19 bits per heavy atom. The highest BCUT2D eigenvalue weighted by molar-refractivity contribution is 7.99. The zero-order valence-corrected chi connectivity index (χ0v) is 13.2. The zero-order chi connectivity index (χ0) is 15.1. The van der Waals surface area contributed by atoms with Gasteiger partial charge in [0.15, 0.2) is 0 Å². The van der Waals surface area contributed by atoms with Crippen molar-refractivity contribution in [3.05, 3.63) is 23.8 Å². The van der Waals surface area contributed by atoms with Crippen LogP contribution in [0.1, 0.15) is 17.3 Å². The van der Waals surface area contributed by atoms with Crippen molar-refractivity contribution in [3.63, 3.8) is 0 Å². The molecule has 0 amide bonds. The van der Waals surface area contributed by atoms with E-state index in [0.29, 0.717) is 17.9 Å². The van der Waals surface area contributed by atoms with Gasteiger partial charge in [-0.25, -0.2) is 4.79 Å². The highest BCUT2D eigenvalue weighted by atomic mass is 32.2. The van der Waals surface area contributed by atoms with Crippen molar-refractivity contribution >= 4 is 29.1 Å². The van der Waals surface area contributed by atoms with Gasteiger partial charge in [0.2, 0.25) is 0 Å². The van der Waals surface area contributed by atoms with E-state index in [9.17, 15) is 4.79 Å². The number of nitrogens with two attached hydrogens (primary N) is 1. The molecule has 1 aromatic rings. The van der Waals surface area contributed by atoms with Crippen LogP contribution in [0.25, 0.3) is 0 Å². The predicted molar refractivity (Wildman–Crippen MR) is 89.1 cm³/mol. The summed E-state index contributed by atoms with van der Waals surface area (Å²) in [5.41, 5.74) is 7.61. The maximum absolute atomic E-state index is 11.8. The first-order valence-electron chi connectivity index (χ1n) is 7.31. The van der Waals surface area contributed by atoms with Crippen LogP contribution in [0, 0.1) is 0 Å². The summed E-state index contributed by atoms with van der Waals surface area (Å²) in [7, 11) is 0. The van der Waals surface area contributed by atoms with Crippen molar-refractivity contribution in [2.45, 2.75) is 6.92 Å². The van der Waals surface area contributed by atoms with Crippen LogP contribution in [-0.2, 0) is 4.74 Å². The van der Waals surface area contributed by atoms with Gasteiger partial charge < -0.3 is 15.8 Å². The smallest absolute Gasteiger partial charge is 0.340 e. The third-order valence-corrected chi connectivity index (χ3v) is 4.35. The fourth-order valence-corrected chi connectivity index (χ4v) is 3.21. The molecule has 1 heterocycles. The van der Waals surface area contributed by atoms with Gasteiger partial charge in [0.05, 0.1) is 12.2 Å². The van der Waals surface area contributed by atoms with Gasteiger partial charge in [-0.1, -0.05) is 0 Å². The number of esters is 1. The quantitative estimate of drug-likeness (QED) is 0.618. The number of benzene rings is 1. The number of carbonyl (C=O) groups is 1. The van der Waals surface area contributed by atoms with Crippen molar-refractivity contribution in [3.8, 4) is 0 Å². The van der Waals surface area contributed by atoms with Crippen LogP contribution >= 0.6 is 11.8 Å². The molecule has 1 aliphatic rings. The summed E-state index contributed by atoms with van der Waals surface area (Å²) in [6.45, 7) is 6.32. The van der Waals surface area contributed by atoms with E-state index in [-0.39, 0.29) is 5.97 Å². The average molecular weight is 309 g/mol. The molecular weight excluding hydrogens is 286 g/mol. The van der Waals surface area contributed by atoms with Gasteiger partial charge in [0.1, 0.15) is 0 Å². The fourth-order valence-electron chi connectivity index (χ4n) is 2.23. The number of hydrogen-bond acceptors (Lipinski definition) is 6. The van der Waals surface area contributed by atoms with Crippen molar-refractivity contribution in [2.24, 2.45) is 0 Å². The van der Waals surface area contributed by atoms with Crippen molar-refractivity contribution in [2.75, 3.05) is 55.3 Å². The number of nitrogens with zero attached hydrogens (tertiary/aromatic N) is 1. The van der Waals surface area contributed by atoms with Gasteiger partial charge in [-0.05, 0) is 25.1 Å². The molecule has 21 heavy (non-hydrogen) atoms. The first-order valence-corrected chi connectivity index (χ1v) is 8.47. The zero-order valence-electron chi connectivity index (χ0n) is 12.4. The molecule has 0 saturated carbocycles. The summed E-state index contributed by atoms with van der Waals surface area (Å²) >= 11 is 2.01. The molecule has 0 spiro atoms. The molecule has 2 rings (SSSR count).